The molecule has 1 heterocycles. The minimum absolute atomic E-state index is 0.149. The number of ether oxygens (including phenoxy) is 2. The van der Waals surface area contributed by atoms with Gasteiger partial charge in [0.1, 0.15) is 12.7 Å². The molecule has 1 fully saturated rings. The Bertz CT molecular complexity index is 178. The van der Waals surface area contributed by atoms with E-state index in [0.29, 0.717) is 19.1 Å². The highest BCUT2D eigenvalue weighted by Crippen LogP contribution is 2.08. The summed E-state index contributed by atoms with van der Waals surface area (Å²) in [6.07, 6.45) is 1.96. The van der Waals surface area contributed by atoms with Gasteiger partial charge >= 0.3 is 6.09 Å². The fourth-order valence-electron chi connectivity index (χ4n) is 1.08. The average molecular weight is 201 g/mol. The summed E-state index contributed by atoms with van der Waals surface area (Å²) in [6.45, 7) is 6.14. The van der Waals surface area contributed by atoms with Crippen LogP contribution in [0, 0.1) is 5.92 Å². The zero-order chi connectivity index (χ0) is 10.4. The summed E-state index contributed by atoms with van der Waals surface area (Å²) in [6, 6.07) is 0. The first-order valence-electron chi connectivity index (χ1n) is 5.20. The van der Waals surface area contributed by atoms with Crippen molar-refractivity contribution < 1.29 is 14.3 Å². The van der Waals surface area contributed by atoms with Crippen molar-refractivity contribution in [3.63, 3.8) is 0 Å². The number of rotatable bonds is 6. The number of hydrogen-bond donors (Lipinski definition) is 1. The van der Waals surface area contributed by atoms with Crippen molar-refractivity contribution in [2.75, 3.05) is 19.8 Å². The van der Waals surface area contributed by atoms with Crippen LogP contribution in [-0.4, -0.2) is 32.0 Å². The Balaban J connectivity index is 1.86. The van der Waals surface area contributed by atoms with E-state index in [1.54, 1.807) is 0 Å². The summed E-state index contributed by atoms with van der Waals surface area (Å²) in [5, 5.41) is 2.70. The molecule has 82 valence electrons. The van der Waals surface area contributed by atoms with Gasteiger partial charge < -0.3 is 14.8 Å². The average Bonchev–Trinajstić information content (AvgIpc) is 2.92. The van der Waals surface area contributed by atoms with Crippen LogP contribution in [-0.2, 0) is 9.47 Å². The van der Waals surface area contributed by atoms with E-state index in [4.69, 9.17) is 9.47 Å². The fourth-order valence-corrected chi connectivity index (χ4v) is 1.08. The van der Waals surface area contributed by atoms with Crippen LogP contribution in [0.3, 0.4) is 0 Å². The van der Waals surface area contributed by atoms with Crippen molar-refractivity contribution in [3.8, 4) is 0 Å². The molecule has 1 rings (SSSR count). The van der Waals surface area contributed by atoms with Gasteiger partial charge in [-0.05, 0) is 18.8 Å². The Morgan fingerprint density at radius 3 is 2.93 bits per heavy atom. The molecule has 14 heavy (non-hydrogen) atoms. The van der Waals surface area contributed by atoms with E-state index in [0.717, 1.165) is 19.4 Å². The topological polar surface area (TPSA) is 50.9 Å². The van der Waals surface area contributed by atoms with Crippen LogP contribution >= 0.6 is 0 Å². The van der Waals surface area contributed by atoms with Gasteiger partial charge in [-0.15, -0.1) is 0 Å². The number of epoxide rings is 1. The molecule has 0 aromatic heterocycles. The number of hydrogen-bond acceptors (Lipinski definition) is 3. The van der Waals surface area contributed by atoms with Gasteiger partial charge in [0.2, 0.25) is 0 Å². The number of alkyl carbamates (subject to hydrolysis) is 1. The van der Waals surface area contributed by atoms with E-state index in [9.17, 15) is 4.79 Å². The maximum absolute atomic E-state index is 11.0. The SMILES string of the molecule is CC(C)CCCNC(=O)OCC1CO1. The van der Waals surface area contributed by atoms with E-state index >= 15 is 0 Å². The van der Waals surface area contributed by atoms with Crippen molar-refractivity contribution in [2.45, 2.75) is 32.8 Å². The molecule has 1 unspecified atom stereocenters. The smallest absolute Gasteiger partial charge is 0.407 e. The molecule has 0 spiro atoms. The molecular formula is C10H19NO3. The van der Waals surface area contributed by atoms with Gasteiger partial charge in [0.15, 0.2) is 0 Å². The second-order valence-electron chi connectivity index (χ2n) is 4.02. The molecule has 1 aliphatic rings. The predicted molar refractivity (Wildman–Crippen MR) is 53.2 cm³/mol. The molecule has 1 amide bonds. The first-order valence-corrected chi connectivity index (χ1v) is 5.20. The van der Waals surface area contributed by atoms with Crippen molar-refractivity contribution in [1.82, 2.24) is 5.32 Å². The van der Waals surface area contributed by atoms with E-state index in [1.807, 2.05) is 0 Å². The zero-order valence-electron chi connectivity index (χ0n) is 8.91. The number of amides is 1. The van der Waals surface area contributed by atoms with Crippen molar-refractivity contribution in [3.05, 3.63) is 0 Å². The van der Waals surface area contributed by atoms with Gasteiger partial charge in [0.25, 0.3) is 0 Å². The van der Waals surface area contributed by atoms with Gasteiger partial charge in [-0.25, -0.2) is 4.79 Å². The molecule has 0 bridgehead atoms. The normalized spacial score (nSPS) is 19.5. The van der Waals surface area contributed by atoms with Gasteiger partial charge in [-0.3, -0.25) is 0 Å². The third kappa shape index (κ3) is 5.80. The molecule has 1 saturated heterocycles. The van der Waals surface area contributed by atoms with E-state index in [-0.39, 0.29) is 12.2 Å². The predicted octanol–water partition coefficient (Wildman–Crippen LogP) is 1.55. The lowest BCUT2D eigenvalue weighted by Crippen LogP contribution is -2.26. The Morgan fingerprint density at radius 2 is 2.36 bits per heavy atom. The maximum Gasteiger partial charge on any atom is 0.407 e. The molecule has 0 aliphatic carbocycles. The molecule has 4 nitrogen and oxygen atoms in total. The molecule has 0 saturated carbocycles. The third-order valence-corrected chi connectivity index (χ3v) is 2.03. The summed E-state index contributed by atoms with van der Waals surface area (Å²) in [5.74, 6) is 0.688. The lowest BCUT2D eigenvalue weighted by atomic mass is 10.1. The number of carbonyl (C=O) groups is 1. The second kappa shape index (κ2) is 5.86. The minimum Gasteiger partial charge on any atom is -0.447 e. The maximum atomic E-state index is 11.0. The Kier molecular flexibility index (Phi) is 4.73. The zero-order valence-corrected chi connectivity index (χ0v) is 8.91. The Morgan fingerprint density at radius 1 is 1.64 bits per heavy atom. The third-order valence-electron chi connectivity index (χ3n) is 2.03. The Labute approximate surface area is 85.0 Å². The number of nitrogens with one attached hydrogen (secondary N) is 1. The summed E-state index contributed by atoms with van der Waals surface area (Å²) in [7, 11) is 0. The van der Waals surface area contributed by atoms with Crippen molar-refractivity contribution in [2.24, 2.45) is 5.92 Å². The molecule has 1 aliphatic heterocycles. The molecule has 1 N–H and O–H groups in total. The van der Waals surface area contributed by atoms with Crippen LogP contribution in [0.1, 0.15) is 26.7 Å². The number of carbonyl (C=O) groups excluding carboxylic acids is 1. The van der Waals surface area contributed by atoms with Gasteiger partial charge in [0.05, 0.1) is 6.61 Å². The minimum atomic E-state index is -0.329. The summed E-state index contributed by atoms with van der Waals surface area (Å²) < 4.78 is 9.81. The summed E-state index contributed by atoms with van der Waals surface area (Å²) in [4.78, 5) is 11.0. The van der Waals surface area contributed by atoms with Crippen LogP contribution in [0.25, 0.3) is 0 Å². The van der Waals surface area contributed by atoms with Crippen LogP contribution in [0.2, 0.25) is 0 Å². The first kappa shape index (κ1) is 11.3. The van der Waals surface area contributed by atoms with Crippen LogP contribution in [0.5, 0.6) is 0 Å². The van der Waals surface area contributed by atoms with Crippen LogP contribution in [0.4, 0.5) is 4.79 Å². The van der Waals surface area contributed by atoms with E-state index < -0.39 is 0 Å². The van der Waals surface area contributed by atoms with Gasteiger partial charge in [-0.1, -0.05) is 13.8 Å². The Hall–Kier alpha value is -0.770. The molecule has 0 aromatic rings. The van der Waals surface area contributed by atoms with E-state index in [2.05, 4.69) is 19.2 Å². The first-order chi connectivity index (χ1) is 6.68. The highest BCUT2D eigenvalue weighted by Gasteiger charge is 2.23. The fraction of sp³-hybridized carbons (Fsp3) is 0.900. The highest BCUT2D eigenvalue weighted by molar-refractivity contribution is 5.67. The van der Waals surface area contributed by atoms with E-state index in [1.165, 1.54) is 0 Å². The highest BCUT2D eigenvalue weighted by atomic mass is 16.6. The molecule has 0 radical (unpaired) electrons. The monoisotopic (exact) mass is 201 g/mol. The summed E-state index contributed by atoms with van der Waals surface area (Å²) in [5.41, 5.74) is 0. The van der Waals surface area contributed by atoms with Gasteiger partial charge in [-0.2, -0.15) is 0 Å². The molecule has 1 atom stereocenters. The van der Waals surface area contributed by atoms with Crippen LogP contribution in [0.15, 0.2) is 0 Å². The van der Waals surface area contributed by atoms with Crippen LogP contribution < -0.4 is 5.32 Å². The quantitative estimate of drug-likeness (QED) is 0.524. The second-order valence-corrected chi connectivity index (χ2v) is 4.02. The van der Waals surface area contributed by atoms with Gasteiger partial charge in [0, 0.05) is 6.54 Å². The lowest BCUT2D eigenvalue weighted by molar-refractivity contribution is 0.136. The van der Waals surface area contributed by atoms with Crippen molar-refractivity contribution in [1.29, 1.82) is 0 Å². The molecule has 0 aromatic carbocycles. The largest absolute Gasteiger partial charge is 0.447 e. The summed E-state index contributed by atoms with van der Waals surface area (Å²) >= 11 is 0. The van der Waals surface area contributed by atoms with Crippen molar-refractivity contribution >= 4 is 6.09 Å². The molecule has 4 heteroatoms. The lowest BCUT2D eigenvalue weighted by Gasteiger charge is -2.06. The standard InChI is InChI=1S/C10H19NO3/c1-8(2)4-3-5-11-10(12)14-7-9-6-13-9/h8-9H,3-7H2,1-2H3,(H,11,12). The molecular weight excluding hydrogens is 182 g/mol.